The number of hydrogen-bond acceptors (Lipinski definition) is 7. The Kier molecular flexibility index (Phi) is 11.5. The lowest BCUT2D eigenvalue weighted by Gasteiger charge is -2.49. The zero-order chi connectivity index (χ0) is 36.4. The van der Waals surface area contributed by atoms with E-state index in [4.69, 9.17) is 32.7 Å². The van der Waals surface area contributed by atoms with Gasteiger partial charge in [0.1, 0.15) is 11.4 Å². The van der Waals surface area contributed by atoms with Crippen molar-refractivity contribution in [2.75, 3.05) is 12.9 Å². The third kappa shape index (κ3) is 8.98. The van der Waals surface area contributed by atoms with Gasteiger partial charge < -0.3 is 19.7 Å². The molecule has 0 bridgehead atoms. The van der Waals surface area contributed by atoms with E-state index in [-0.39, 0.29) is 23.4 Å². The Morgan fingerprint density at radius 2 is 1.70 bits per heavy atom. The van der Waals surface area contributed by atoms with E-state index in [1.807, 2.05) is 13.0 Å². The van der Waals surface area contributed by atoms with Gasteiger partial charge in [0.25, 0.3) is 5.91 Å². The number of fused-ring (bicyclic) bond motifs is 1. The average Bonchev–Trinajstić information content (AvgIpc) is 3.03. The molecule has 1 aliphatic carbocycles. The van der Waals surface area contributed by atoms with E-state index in [9.17, 15) is 22.8 Å². The first kappa shape index (κ1) is 37.6. The lowest BCUT2D eigenvalue weighted by atomic mass is 9.76. The summed E-state index contributed by atoms with van der Waals surface area (Å²) in [5.41, 5.74) is 1.50. The number of sulfonamides is 1. The molecule has 1 fully saturated rings. The summed E-state index contributed by atoms with van der Waals surface area (Å²) in [7, 11) is -3.61. The molecule has 268 valence electrons. The van der Waals surface area contributed by atoms with Crippen LogP contribution in [-0.2, 0) is 24.3 Å². The molecular formula is C37H43Cl2N3O7S. The van der Waals surface area contributed by atoms with Crippen molar-refractivity contribution in [1.29, 1.82) is 0 Å². The van der Waals surface area contributed by atoms with E-state index >= 15 is 0 Å². The second kappa shape index (κ2) is 15.3. The van der Waals surface area contributed by atoms with Crippen molar-refractivity contribution in [3.8, 4) is 5.75 Å². The van der Waals surface area contributed by atoms with Crippen LogP contribution in [-0.4, -0.2) is 61.6 Å². The molecule has 10 nitrogen and oxygen atoms in total. The number of nitrogens with one attached hydrogen (secondary N) is 2. The number of rotatable bonds is 10. The van der Waals surface area contributed by atoms with Crippen LogP contribution in [0.25, 0.3) is 0 Å². The van der Waals surface area contributed by atoms with Gasteiger partial charge in [0.15, 0.2) is 6.61 Å². The van der Waals surface area contributed by atoms with Gasteiger partial charge in [0.05, 0.1) is 24.3 Å². The Labute approximate surface area is 303 Å². The van der Waals surface area contributed by atoms with Gasteiger partial charge in [0, 0.05) is 27.7 Å². The van der Waals surface area contributed by atoms with Crippen LogP contribution in [0, 0.1) is 0 Å². The van der Waals surface area contributed by atoms with Gasteiger partial charge in [-0.3, -0.25) is 9.59 Å². The Balaban J connectivity index is 1.52. The van der Waals surface area contributed by atoms with Crippen LogP contribution in [0.3, 0.4) is 0 Å². The molecule has 0 aromatic heterocycles. The number of nitrogens with zero attached hydrogens (tertiary/aromatic N) is 1. The van der Waals surface area contributed by atoms with Crippen LogP contribution in [0.2, 0.25) is 10.0 Å². The van der Waals surface area contributed by atoms with Crippen molar-refractivity contribution in [2.24, 2.45) is 0 Å². The minimum atomic E-state index is -3.61. The summed E-state index contributed by atoms with van der Waals surface area (Å²) < 4.78 is 38.8. The number of carbonyl (C=O) groups is 3. The van der Waals surface area contributed by atoms with E-state index in [1.54, 1.807) is 86.3 Å². The van der Waals surface area contributed by atoms with Crippen LogP contribution in [0.5, 0.6) is 5.75 Å². The molecular weight excluding hydrogens is 701 g/mol. The predicted octanol–water partition coefficient (Wildman–Crippen LogP) is 6.73. The van der Waals surface area contributed by atoms with E-state index in [0.717, 1.165) is 24.7 Å². The molecule has 5 atom stereocenters. The number of benzene rings is 3. The first-order valence-electron chi connectivity index (χ1n) is 16.6. The van der Waals surface area contributed by atoms with Gasteiger partial charge in [-0.1, -0.05) is 72.4 Å². The average molecular weight is 745 g/mol. The summed E-state index contributed by atoms with van der Waals surface area (Å²) in [5, 5.41) is 3.82. The number of halogens is 2. The highest BCUT2D eigenvalue weighted by molar-refractivity contribution is 7.88. The molecule has 13 heteroatoms. The standard InChI is InChI=1S/C37H43Cl2N3O7S/c1-22(23-11-10-12-25(19-23)48-21-32(43)49-37(2,3)4)40-35(44)33-26-13-6-7-14-27(26)36(45)42(34(33)28-18-17-24(38)20-29(28)39)31-16-9-8-15-30(31)41-50(5,46)47/h6-7,10-14,17-20,22,30-31,33-34,41H,8-9,15-16,21H2,1-5H3,(H,40,44)/t22?,30-,31-,33+,34-/m0/s1. The second-order valence-corrected chi connectivity index (χ2v) is 16.5. The van der Waals surface area contributed by atoms with Crippen LogP contribution >= 0.6 is 23.2 Å². The molecule has 1 heterocycles. The van der Waals surface area contributed by atoms with Gasteiger partial charge in [-0.2, -0.15) is 0 Å². The zero-order valence-corrected chi connectivity index (χ0v) is 31.1. The first-order valence-corrected chi connectivity index (χ1v) is 19.3. The lowest BCUT2D eigenvalue weighted by molar-refractivity contribution is -0.157. The fourth-order valence-corrected chi connectivity index (χ4v) is 8.25. The monoisotopic (exact) mass is 743 g/mol. The molecule has 1 saturated carbocycles. The fraction of sp³-hybridized carbons (Fsp3) is 0.432. The summed E-state index contributed by atoms with van der Waals surface area (Å²) in [6.07, 6.45) is 3.73. The van der Waals surface area contributed by atoms with Crippen molar-refractivity contribution in [1.82, 2.24) is 14.9 Å². The maximum Gasteiger partial charge on any atom is 0.344 e. The number of esters is 1. The molecule has 5 rings (SSSR count). The normalized spacial score (nSPS) is 21.6. The molecule has 0 saturated heterocycles. The SMILES string of the molecule is CC(NC(=O)[C@@H]1c2ccccc2C(=O)N([C@H]2CCCC[C@@H]2NS(C)(=O)=O)[C@H]1c1ccc(Cl)cc1Cl)c1cccc(OCC(=O)OC(C)(C)C)c1. The number of ether oxygens (including phenoxy) is 2. The molecule has 3 aromatic rings. The molecule has 2 aliphatic rings. The van der Waals surface area contributed by atoms with Gasteiger partial charge in [-0.25, -0.2) is 17.9 Å². The minimum Gasteiger partial charge on any atom is -0.482 e. The van der Waals surface area contributed by atoms with Crippen molar-refractivity contribution in [3.05, 3.63) is 99.0 Å². The maximum absolute atomic E-state index is 14.7. The maximum atomic E-state index is 14.7. The number of hydrogen-bond donors (Lipinski definition) is 2. The highest BCUT2D eigenvalue weighted by Crippen LogP contribution is 2.48. The van der Waals surface area contributed by atoms with Gasteiger partial charge in [0.2, 0.25) is 15.9 Å². The molecule has 0 radical (unpaired) electrons. The Morgan fingerprint density at radius 1 is 0.980 bits per heavy atom. The molecule has 2 N–H and O–H groups in total. The molecule has 1 unspecified atom stereocenters. The first-order chi connectivity index (χ1) is 23.5. The zero-order valence-electron chi connectivity index (χ0n) is 28.7. The van der Waals surface area contributed by atoms with E-state index in [0.29, 0.717) is 40.3 Å². The Bertz CT molecular complexity index is 1860. The smallest absolute Gasteiger partial charge is 0.344 e. The molecule has 1 aliphatic heterocycles. The second-order valence-electron chi connectivity index (χ2n) is 13.9. The van der Waals surface area contributed by atoms with Gasteiger partial charge in [-0.15, -0.1) is 0 Å². The molecule has 2 amide bonds. The minimum absolute atomic E-state index is 0.274. The fourth-order valence-electron chi connectivity index (χ4n) is 6.90. The molecule has 3 aromatic carbocycles. The van der Waals surface area contributed by atoms with Crippen LogP contribution in [0.1, 0.15) is 98.4 Å². The summed E-state index contributed by atoms with van der Waals surface area (Å²) in [6, 6.07) is 16.5. The number of carbonyl (C=O) groups excluding carboxylic acids is 3. The quantitative estimate of drug-likeness (QED) is 0.220. The third-order valence-electron chi connectivity index (χ3n) is 8.89. The summed E-state index contributed by atoms with van der Waals surface area (Å²) in [6.45, 7) is 6.90. The highest BCUT2D eigenvalue weighted by Gasteiger charge is 2.49. The Morgan fingerprint density at radius 3 is 2.40 bits per heavy atom. The largest absolute Gasteiger partial charge is 0.482 e. The van der Waals surface area contributed by atoms with Crippen molar-refractivity contribution >= 4 is 51.0 Å². The predicted molar refractivity (Wildman–Crippen MR) is 193 cm³/mol. The Hall–Kier alpha value is -3.64. The van der Waals surface area contributed by atoms with Crippen molar-refractivity contribution in [3.63, 3.8) is 0 Å². The van der Waals surface area contributed by atoms with E-state index in [2.05, 4.69) is 10.0 Å². The lowest BCUT2D eigenvalue weighted by Crippen LogP contribution is -2.59. The summed E-state index contributed by atoms with van der Waals surface area (Å²) >= 11 is 13.2. The topological polar surface area (TPSA) is 131 Å². The van der Waals surface area contributed by atoms with E-state index < -0.39 is 51.7 Å². The van der Waals surface area contributed by atoms with Crippen LogP contribution in [0.4, 0.5) is 0 Å². The summed E-state index contributed by atoms with van der Waals surface area (Å²) in [5.74, 6) is -1.66. The van der Waals surface area contributed by atoms with Gasteiger partial charge >= 0.3 is 5.97 Å². The number of amides is 2. The van der Waals surface area contributed by atoms with Crippen molar-refractivity contribution in [2.45, 2.75) is 89.1 Å². The highest BCUT2D eigenvalue weighted by atomic mass is 35.5. The summed E-state index contributed by atoms with van der Waals surface area (Å²) in [4.78, 5) is 43.1. The third-order valence-corrected chi connectivity index (χ3v) is 10.2. The van der Waals surface area contributed by atoms with Crippen LogP contribution < -0.4 is 14.8 Å². The van der Waals surface area contributed by atoms with E-state index in [1.165, 1.54) is 0 Å². The van der Waals surface area contributed by atoms with Crippen LogP contribution in [0.15, 0.2) is 66.7 Å². The van der Waals surface area contributed by atoms with Crippen molar-refractivity contribution < 1.29 is 32.3 Å². The molecule has 50 heavy (non-hydrogen) atoms. The van der Waals surface area contributed by atoms with Gasteiger partial charge in [-0.05, 0) is 87.6 Å². The molecule has 0 spiro atoms.